The van der Waals surface area contributed by atoms with Crippen molar-refractivity contribution in [3.05, 3.63) is 41.4 Å². The van der Waals surface area contributed by atoms with E-state index in [1.54, 1.807) is 6.92 Å². The highest BCUT2D eigenvalue weighted by Crippen LogP contribution is 2.33. The Morgan fingerprint density at radius 1 is 1.26 bits per heavy atom. The minimum absolute atomic E-state index is 0.119. The van der Waals surface area contributed by atoms with Crippen molar-refractivity contribution in [3.63, 3.8) is 0 Å². The van der Waals surface area contributed by atoms with E-state index in [2.05, 4.69) is 5.32 Å². The highest BCUT2D eigenvalue weighted by Gasteiger charge is 2.17. The molecule has 23 heavy (non-hydrogen) atoms. The van der Waals surface area contributed by atoms with Gasteiger partial charge in [-0.3, -0.25) is 9.59 Å². The number of likely N-dealkylation sites (N-methyl/N-ethyl adjacent to an activating group) is 1. The molecule has 0 aliphatic heterocycles. The average molecular weight is 352 g/mol. The molecule has 122 valence electrons. The second kappa shape index (κ2) is 8.22. The molecule has 0 radical (unpaired) electrons. The zero-order chi connectivity index (χ0) is 16.8. The summed E-state index contributed by atoms with van der Waals surface area (Å²) < 4.78 is 5.12. The number of nitrogens with one attached hydrogen (secondary N) is 1. The maximum atomic E-state index is 11.9. The molecule has 1 N–H and O–H groups in total. The lowest BCUT2D eigenvalue weighted by Gasteiger charge is -2.13. The molecule has 0 unspecified atom stereocenters. The summed E-state index contributed by atoms with van der Waals surface area (Å²) in [5.41, 5.74) is 0. The molecule has 0 heterocycles. The molecule has 1 amide bonds. The lowest BCUT2D eigenvalue weighted by molar-refractivity contribution is -0.152. The topological polar surface area (TPSA) is 55.4 Å². The smallest absolute Gasteiger partial charge is 0.317 e. The number of carbonyl (C=O) groups is 2. The fraction of sp³-hybridized carbons (Fsp3) is 0.294. The standard InChI is InChI=1S/C17H18ClNO3S/c1-3-19-17(21)11(2)22-15(20)10-23-14-9-5-7-12-6-4-8-13(18)16(12)14/h4-9,11H,3,10H2,1-2H3,(H,19,21)/t11-/m1/s1. The van der Waals surface area contributed by atoms with Crippen molar-refractivity contribution in [2.45, 2.75) is 24.8 Å². The van der Waals surface area contributed by atoms with Crippen LogP contribution in [0.5, 0.6) is 0 Å². The number of benzene rings is 2. The first-order valence-electron chi connectivity index (χ1n) is 7.30. The van der Waals surface area contributed by atoms with Gasteiger partial charge in [0.05, 0.1) is 5.75 Å². The summed E-state index contributed by atoms with van der Waals surface area (Å²) in [5.74, 6) is -0.606. The van der Waals surface area contributed by atoms with Crippen LogP contribution in [0.1, 0.15) is 13.8 Å². The number of hydrogen-bond donors (Lipinski definition) is 1. The first-order chi connectivity index (χ1) is 11.0. The van der Waals surface area contributed by atoms with Crippen molar-refractivity contribution >= 4 is 46.0 Å². The summed E-state index contributed by atoms with van der Waals surface area (Å²) >= 11 is 7.60. The van der Waals surface area contributed by atoms with Crippen LogP contribution in [0.2, 0.25) is 5.02 Å². The molecule has 0 aromatic heterocycles. The van der Waals surface area contributed by atoms with Gasteiger partial charge in [-0.05, 0) is 31.4 Å². The zero-order valence-corrected chi connectivity index (χ0v) is 14.5. The molecule has 6 heteroatoms. The van der Waals surface area contributed by atoms with Gasteiger partial charge in [0, 0.05) is 21.8 Å². The largest absolute Gasteiger partial charge is 0.452 e. The first kappa shape index (κ1) is 17.6. The molecule has 0 saturated heterocycles. The number of thioether (sulfide) groups is 1. The summed E-state index contributed by atoms with van der Waals surface area (Å²) in [4.78, 5) is 24.4. The molecule has 4 nitrogen and oxygen atoms in total. The summed E-state index contributed by atoms with van der Waals surface area (Å²) in [7, 11) is 0. The Hall–Kier alpha value is -1.72. The Morgan fingerprint density at radius 2 is 1.96 bits per heavy atom. The van der Waals surface area contributed by atoms with E-state index in [0.29, 0.717) is 11.6 Å². The van der Waals surface area contributed by atoms with Crippen LogP contribution < -0.4 is 5.32 Å². The van der Waals surface area contributed by atoms with Gasteiger partial charge in [0.25, 0.3) is 5.91 Å². The molecule has 0 aliphatic rings. The summed E-state index contributed by atoms with van der Waals surface area (Å²) in [6, 6.07) is 11.5. The van der Waals surface area contributed by atoms with E-state index >= 15 is 0 Å². The minimum atomic E-state index is -0.792. The van der Waals surface area contributed by atoms with Crippen molar-refractivity contribution in [3.8, 4) is 0 Å². The Kier molecular flexibility index (Phi) is 6.30. The fourth-order valence-electron chi connectivity index (χ4n) is 2.12. The number of rotatable bonds is 6. The van der Waals surface area contributed by atoms with Crippen molar-refractivity contribution in [1.29, 1.82) is 0 Å². The van der Waals surface area contributed by atoms with Gasteiger partial charge in [-0.15, -0.1) is 11.8 Å². The number of carbonyl (C=O) groups excluding carboxylic acids is 2. The zero-order valence-electron chi connectivity index (χ0n) is 13.0. The van der Waals surface area contributed by atoms with Gasteiger partial charge in [0.2, 0.25) is 0 Å². The van der Waals surface area contributed by atoms with Crippen molar-refractivity contribution in [2.24, 2.45) is 0 Å². The van der Waals surface area contributed by atoms with E-state index in [9.17, 15) is 9.59 Å². The van der Waals surface area contributed by atoms with Gasteiger partial charge < -0.3 is 10.1 Å². The first-order valence-corrected chi connectivity index (χ1v) is 8.66. The average Bonchev–Trinajstić information content (AvgIpc) is 2.53. The molecule has 2 aromatic carbocycles. The molecule has 1 atom stereocenters. The molecule has 2 rings (SSSR count). The Balaban J connectivity index is 2.01. The van der Waals surface area contributed by atoms with Gasteiger partial charge >= 0.3 is 5.97 Å². The Labute approximate surface area is 144 Å². The van der Waals surface area contributed by atoms with Gasteiger partial charge in [0.1, 0.15) is 0 Å². The Bertz CT molecular complexity index is 715. The predicted octanol–water partition coefficient (Wildman–Crippen LogP) is 3.65. The van der Waals surface area contributed by atoms with E-state index in [1.807, 2.05) is 43.3 Å². The van der Waals surface area contributed by atoms with Gasteiger partial charge in [-0.25, -0.2) is 0 Å². The predicted molar refractivity (Wildman–Crippen MR) is 93.9 cm³/mol. The molecule has 2 aromatic rings. The van der Waals surface area contributed by atoms with E-state index in [0.717, 1.165) is 15.7 Å². The van der Waals surface area contributed by atoms with Crippen LogP contribution in [0.25, 0.3) is 10.8 Å². The number of halogens is 1. The monoisotopic (exact) mass is 351 g/mol. The second-order valence-electron chi connectivity index (χ2n) is 4.91. The lowest BCUT2D eigenvalue weighted by Crippen LogP contribution is -2.35. The molecule has 0 saturated carbocycles. The molecule has 0 bridgehead atoms. The van der Waals surface area contributed by atoms with Crippen molar-refractivity contribution in [1.82, 2.24) is 5.32 Å². The highest BCUT2D eigenvalue weighted by molar-refractivity contribution is 8.00. The molecule has 0 fully saturated rings. The van der Waals surface area contributed by atoms with E-state index in [1.165, 1.54) is 11.8 Å². The van der Waals surface area contributed by atoms with E-state index < -0.39 is 12.1 Å². The van der Waals surface area contributed by atoms with Crippen LogP contribution in [0.3, 0.4) is 0 Å². The minimum Gasteiger partial charge on any atom is -0.452 e. The normalized spacial score (nSPS) is 12.0. The summed E-state index contributed by atoms with van der Waals surface area (Å²) in [6.45, 7) is 3.87. The third kappa shape index (κ3) is 4.62. The SMILES string of the molecule is CCNC(=O)[C@@H](C)OC(=O)CSc1cccc2cccc(Cl)c12. The number of hydrogen-bond acceptors (Lipinski definition) is 4. The van der Waals surface area contributed by atoms with Crippen LogP contribution >= 0.6 is 23.4 Å². The van der Waals surface area contributed by atoms with E-state index in [-0.39, 0.29) is 11.7 Å². The number of esters is 1. The van der Waals surface area contributed by atoms with Gasteiger partial charge in [-0.1, -0.05) is 35.9 Å². The van der Waals surface area contributed by atoms with E-state index in [4.69, 9.17) is 16.3 Å². The van der Waals surface area contributed by atoms with Crippen molar-refractivity contribution < 1.29 is 14.3 Å². The maximum absolute atomic E-state index is 11.9. The van der Waals surface area contributed by atoms with Crippen LogP contribution in [0.15, 0.2) is 41.3 Å². The van der Waals surface area contributed by atoms with Crippen molar-refractivity contribution in [2.75, 3.05) is 12.3 Å². The van der Waals surface area contributed by atoms with Crippen LogP contribution in [0, 0.1) is 0 Å². The highest BCUT2D eigenvalue weighted by atomic mass is 35.5. The quantitative estimate of drug-likeness (QED) is 0.637. The molecule has 0 aliphatic carbocycles. The van der Waals surface area contributed by atoms with Crippen LogP contribution in [-0.4, -0.2) is 30.3 Å². The molecular formula is C17H18ClNO3S. The lowest BCUT2D eigenvalue weighted by atomic mass is 10.1. The van der Waals surface area contributed by atoms with Gasteiger partial charge in [0.15, 0.2) is 6.10 Å². The second-order valence-corrected chi connectivity index (χ2v) is 6.33. The van der Waals surface area contributed by atoms with Crippen LogP contribution in [-0.2, 0) is 14.3 Å². The number of fused-ring (bicyclic) bond motifs is 1. The summed E-state index contributed by atoms with van der Waals surface area (Å²) in [6.07, 6.45) is -0.792. The maximum Gasteiger partial charge on any atom is 0.317 e. The summed E-state index contributed by atoms with van der Waals surface area (Å²) in [5, 5.41) is 5.21. The molecule has 0 spiro atoms. The Morgan fingerprint density at radius 3 is 2.65 bits per heavy atom. The number of amides is 1. The van der Waals surface area contributed by atoms with Gasteiger partial charge in [-0.2, -0.15) is 0 Å². The third-order valence-electron chi connectivity index (χ3n) is 3.19. The van der Waals surface area contributed by atoms with Crippen LogP contribution in [0.4, 0.5) is 0 Å². The molecular weight excluding hydrogens is 334 g/mol. The number of ether oxygens (including phenoxy) is 1. The fourth-order valence-corrected chi connectivity index (χ4v) is 3.35. The third-order valence-corrected chi connectivity index (χ3v) is 4.54.